The first kappa shape index (κ1) is 22.4. The van der Waals surface area contributed by atoms with Crippen LogP contribution >= 0.6 is 0 Å². The van der Waals surface area contributed by atoms with Crippen LogP contribution in [0.1, 0.15) is 26.7 Å². The summed E-state index contributed by atoms with van der Waals surface area (Å²) in [6.07, 6.45) is 0.676. The second-order valence-electron chi connectivity index (χ2n) is 7.72. The van der Waals surface area contributed by atoms with Gasteiger partial charge in [0.1, 0.15) is 5.82 Å². The predicted molar refractivity (Wildman–Crippen MR) is 118 cm³/mol. The highest BCUT2D eigenvalue weighted by atomic mass is 19.1. The van der Waals surface area contributed by atoms with Crippen molar-refractivity contribution < 1.29 is 18.8 Å². The molecule has 31 heavy (non-hydrogen) atoms. The maximum atomic E-state index is 13.3. The lowest BCUT2D eigenvalue weighted by molar-refractivity contribution is -0.124. The van der Waals surface area contributed by atoms with Crippen molar-refractivity contribution in [2.45, 2.75) is 38.8 Å². The Morgan fingerprint density at radius 3 is 2.58 bits per heavy atom. The van der Waals surface area contributed by atoms with Gasteiger partial charge in [-0.25, -0.2) is 4.39 Å². The van der Waals surface area contributed by atoms with E-state index in [0.717, 1.165) is 0 Å². The number of fused-ring (bicyclic) bond motifs is 1. The van der Waals surface area contributed by atoms with E-state index in [0.29, 0.717) is 23.5 Å². The number of halogens is 1. The maximum Gasteiger partial charge on any atom is 0.241 e. The van der Waals surface area contributed by atoms with Gasteiger partial charge < -0.3 is 15.5 Å². The molecule has 0 spiro atoms. The van der Waals surface area contributed by atoms with Crippen LogP contribution in [0.4, 0.5) is 21.5 Å². The van der Waals surface area contributed by atoms with E-state index in [9.17, 15) is 18.8 Å². The Hall–Kier alpha value is -3.26. The second kappa shape index (κ2) is 9.70. The van der Waals surface area contributed by atoms with Gasteiger partial charge in [-0.15, -0.1) is 0 Å². The molecule has 0 saturated heterocycles. The SMILES string of the molecule is CCC(C(=O)Nc1ccc(F)cc1)N(C)CC(=O)N1c2ccccc2NC(=O)CC1C. The Morgan fingerprint density at radius 2 is 1.90 bits per heavy atom. The Labute approximate surface area is 181 Å². The lowest BCUT2D eigenvalue weighted by Crippen LogP contribution is -2.49. The second-order valence-corrected chi connectivity index (χ2v) is 7.72. The predicted octanol–water partition coefficient (Wildman–Crippen LogP) is 3.24. The molecule has 7 nitrogen and oxygen atoms in total. The van der Waals surface area contributed by atoms with Gasteiger partial charge in [0.05, 0.1) is 24.0 Å². The summed E-state index contributed by atoms with van der Waals surface area (Å²) in [6.45, 7) is 3.70. The number of nitrogens with zero attached hydrogens (tertiary/aromatic N) is 2. The number of anilines is 3. The van der Waals surface area contributed by atoms with E-state index in [1.54, 1.807) is 35.0 Å². The Balaban J connectivity index is 1.74. The molecule has 0 aliphatic carbocycles. The largest absolute Gasteiger partial charge is 0.325 e. The van der Waals surface area contributed by atoms with Gasteiger partial charge in [0.15, 0.2) is 0 Å². The summed E-state index contributed by atoms with van der Waals surface area (Å²) in [4.78, 5) is 41.5. The molecule has 3 amide bonds. The molecule has 2 N–H and O–H groups in total. The van der Waals surface area contributed by atoms with Crippen LogP contribution in [-0.4, -0.2) is 48.3 Å². The van der Waals surface area contributed by atoms with Crippen LogP contribution in [0.3, 0.4) is 0 Å². The summed E-state index contributed by atoms with van der Waals surface area (Å²) in [5, 5.41) is 5.60. The molecule has 1 aliphatic heterocycles. The highest BCUT2D eigenvalue weighted by Gasteiger charge is 2.31. The molecule has 0 aromatic heterocycles. The standard InChI is InChI=1S/C23H27FN4O3/c1-4-19(23(31)25-17-11-9-16(24)10-12-17)27(3)14-22(30)28-15(2)13-21(29)26-18-7-5-6-8-20(18)28/h5-12,15,19H,4,13-14H2,1-3H3,(H,25,31)(H,26,29). The van der Waals surface area contributed by atoms with Gasteiger partial charge >= 0.3 is 0 Å². The molecule has 1 aliphatic rings. The van der Waals surface area contributed by atoms with Crippen LogP contribution in [-0.2, 0) is 14.4 Å². The molecule has 0 radical (unpaired) electrons. The fourth-order valence-corrected chi connectivity index (χ4v) is 3.82. The first-order valence-electron chi connectivity index (χ1n) is 10.3. The highest BCUT2D eigenvalue weighted by Crippen LogP contribution is 2.31. The lowest BCUT2D eigenvalue weighted by atomic mass is 10.1. The molecule has 2 aromatic rings. The van der Waals surface area contributed by atoms with Gasteiger partial charge in [0, 0.05) is 18.2 Å². The molecular formula is C23H27FN4O3. The van der Waals surface area contributed by atoms with Crippen LogP contribution in [0, 0.1) is 5.82 Å². The fourth-order valence-electron chi connectivity index (χ4n) is 3.82. The van der Waals surface area contributed by atoms with Gasteiger partial charge in [-0.3, -0.25) is 19.3 Å². The van der Waals surface area contributed by atoms with Gasteiger partial charge in [-0.1, -0.05) is 19.1 Å². The Kier molecular flexibility index (Phi) is 7.02. The first-order chi connectivity index (χ1) is 14.8. The number of likely N-dealkylation sites (N-methyl/N-ethyl adjacent to an activating group) is 1. The summed E-state index contributed by atoms with van der Waals surface area (Å²) >= 11 is 0. The van der Waals surface area contributed by atoms with Crippen molar-refractivity contribution in [3.63, 3.8) is 0 Å². The van der Waals surface area contributed by atoms with E-state index < -0.39 is 6.04 Å². The van der Waals surface area contributed by atoms with Crippen LogP contribution in [0.15, 0.2) is 48.5 Å². The third kappa shape index (κ3) is 5.27. The van der Waals surface area contributed by atoms with Crippen molar-refractivity contribution in [3.8, 4) is 0 Å². The minimum Gasteiger partial charge on any atom is -0.325 e. The van der Waals surface area contributed by atoms with Crippen LogP contribution in [0.2, 0.25) is 0 Å². The van der Waals surface area contributed by atoms with Crippen molar-refractivity contribution in [2.75, 3.05) is 29.1 Å². The number of carbonyl (C=O) groups excluding carboxylic acids is 3. The van der Waals surface area contributed by atoms with E-state index >= 15 is 0 Å². The van der Waals surface area contributed by atoms with E-state index in [-0.39, 0.29) is 42.5 Å². The summed E-state index contributed by atoms with van der Waals surface area (Å²) in [5.74, 6) is -1.00. The van der Waals surface area contributed by atoms with Crippen LogP contribution in [0.25, 0.3) is 0 Å². The summed E-state index contributed by atoms with van der Waals surface area (Å²) < 4.78 is 13.1. The monoisotopic (exact) mass is 426 g/mol. The number of hydrogen-bond acceptors (Lipinski definition) is 4. The summed E-state index contributed by atoms with van der Waals surface area (Å²) in [7, 11) is 1.72. The van der Waals surface area contributed by atoms with E-state index in [2.05, 4.69) is 10.6 Å². The number of nitrogens with one attached hydrogen (secondary N) is 2. The molecule has 8 heteroatoms. The average Bonchev–Trinajstić information content (AvgIpc) is 2.84. The average molecular weight is 426 g/mol. The molecule has 0 saturated carbocycles. The molecule has 2 unspecified atom stereocenters. The van der Waals surface area contributed by atoms with E-state index in [1.807, 2.05) is 19.9 Å². The first-order valence-corrected chi connectivity index (χ1v) is 10.3. The third-order valence-corrected chi connectivity index (χ3v) is 5.35. The van der Waals surface area contributed by atoms with Gasteiger partial charge in [0.2, 0.25) is 17.7 Å². The Morgan fingerprint density at radius 1 is 1.23 bits per heavy atom. The minimum atomic E-state index is -0.550. The molecule has 1 heterocycles. The van der Waals surface area contributed by atoms with Crippen molar-refractivity contribution in [2.24, 2.45) is 0 Å². The van der Waals surface area contributed by atoms with E-state index in [4.69, 9.17) is 0 Å². The minimum absolute atomic E-state index is 0.00219. The number of carbonyl (C=O) groups is 3. The fraction of sp³-hybridized carbons (Fsp3) is 0.348. The van der Waals surface area contributed by atoms with Gasteiger partial charge in [-0.2, -0.15) is 0 Å². The Bertz CT molecular complexity index is 964. The van der Waals surface area contributed by atoms with Gasteiger partial charge in [-0.05, 0) is 56.8 Å². The topological polar surface area (TPSA) is 81.8 Å². The number of benzene rings is 2. The molecule has 0 bridgehead atoms. The van der Waals surface area contributed by atoms with Gasteiger partial charge in [0.25, 0.3) is 0 Å². The lowest BCUT2D eigenvalue weighted by Gasteiger charge is -2.32. The summed E-state index contributed by atoms with van der Waals surface area (Å²) in [6, 6.07) is 11.8. The van der Waals surface area contributed by atoms with E-state index in [1.165, 1.54) is 24.3 Å². The molecule has 164 valence electrons. The number of para-hydroxylation sites is 2. The summed E-state index contributed by atoms with van der Waals surface area (Å²) in [5.41, 5.74) is 1.72. The maximum absolute atomic E-state index is 13.3. The highest BCUT2D eigenvalue weighted by molar-refractivity contribution is 6.05. The molecular weight excluding hydrogens is 399 g/mol. The molecule has 3 rings (SSSR count). The zero-order chi connectivity index (χ0) is 22.5. The number of rotatable bonds is 6. The molecule has 2 aromatic carbocycles. The van der Waals surface area contributed by atoms with Crippen molar-refractivity contribution in [3.05, 3.63) is 54.3 Å². The van der Waals surface area contributed by atoms with Crippen molar-refractivity contribution >= 4 is 34.8 Å². The van der Waals surface area contributed by atoms with Crippen LogP contribution in [0.5, 0.6) is 0 Å². The molecule has 2 atom stereocenters. The zero-order valence-electron chi connectivity index (χ0n) is 17.9. The van der Waals surface area contributed by atoms with Crippen molar-refractivity contribution in [1.82, 2.24) is 4.90 Å². The normalized spacial score (nSPS) is 16.9. The zero-order valence-corrected chi connectivity index (χ0v) is 17.9. The smallest absolute Gasteiger partial charge is 0.241 e. The third-order valence-electron chi connectivity index (χ3n) is 5.35. The molecule has 0 fully saturated rings. The van der Waals surface area contributed by atoms with Crippen LogP contribution < -0.4 is 15.5 Å². The number of amides is 3. The number of hydrogen-bond donors (Lipinski definition) is 2. The quantitative estimate of drug-likeness (QED) is 0.743. The van der Waals surface area contributed by atoms with Crippen molar-refractivity contribution in [1.29, 1.82) is 0 Å².